The molecule has 20 heavy (non-hydrogen) atoms. The lowest BCUT2D eigenvalue weighted by molar-refractivity contribution is 0.173. The molecule has 1 aliphatic rings. The molecule has 0 spiro atoms. The van der Waals surface area contributed by atoms with E-state index in [9.17, 15) is 0 Å². The zero-order valence-corrected chi connectivity index (χ0v) is 11.3. The van der Waals surface area contributed by atoms with Gasteiger partial charge in [0.15, 0.2) is 11.5 Å². The summed E-state index contributed by atoms with van der Waals surface area (Å²) >= 11 is 0. The number of ether oxygens (including phenoxy) is 3. The molecule has 1 unspecified atom stereocenters. The fourth-order valence-corrected chi connectivity index (χ4v) is 2.25. The van der Waals surface area contributed by atoms with Gasteiger partial charge in [0.1, 0.15) is 12.4 Å². The van der Waals surface area contributed by atoms with Crippen molar-refractivity contribution in [2.45, 2.75) is 13.0 Å². The Bertz CT molecular complexity index is 612. The Hall–Kier alpha value is -2.20. The van der Waals surface area contributed by atoms with Gasteiger partial charge in [0.05, 0.1) is 6.04 Å². The smallest absolute Gasteiger partial charge is 0.231 e. The summed E-state index contributed by atoms with van der Waals surface area (Å²) in [6.07, 6.45) is 0. The second-order valence-electron chi connectivity index (χ2n) is 4.79. The Kier molecular flexibility index (Phi) is 3.48. The van der Waals surface area contributed by atoms with Crippen LogP contribution in [0.15, 0.2) is 42.5 Å². The Morgan fingerprint density at radius 1 is 1.15 bits per heavy atom. The quantitative estimate of drug-likeness (QED) is 0.929. The van der Waals surface area contributed by atoms with Gasteiger partial charge in [-0.1, -0.05) is 24.3 Å². The predicted octanol–water partition coefficient (Wildman–Crippen LogP) is 2.80. The third-order valence-corrected chi connectivity index (χ3v) is 3.36. The van der Waals surface area contributed by atoms with Gasteiger partial charge in [0.2, 0.25) is 6.79 Å². The van der Waals surface area contributed by atoms with Crippen LogP contribution in [0.3, 0.4) is 0 Å². The lowest BCUT2D eigenvalue weighted by Gasteiger charge is -2.15. The van der Waals surface area contributed by atoms with Crippen LogP contribution in [0.5, 0.6) is 17.2 Å². The predicted molar refractivity (Wildman–Crippen MR) is 76.2 cm³/mol. The molecule has 1 heterocycles. The van der Waals surface area contributed by atoms with Crippen LogP contribution in [0.4, 0.5) is 0 Å². The molecular weight excluding hydrogens is 254 g/mol. The first-order valence-corrected chi connectivity index (χ1v) is 6.57. The van der Waals surface area contributed by atoms with Gasteiger partial charge in [-0.3, -0.25) is 0 Å². The lowest BCUT2D eigenvalue weighted by Crippen LogP contribution is -2.19. The van der Waals surface area contributed by atoms with Crippen molar-refractivity contribution in [3.63, 3.8) is 0 Å². The van der Waals surface area contributed by atoms with Gasteiger partial charge in [0.25, 0.3) is 0 Å². The number of benzene rings is 2. The minimum atomic E-state index is -0.151. The number of aryl methyl sites for hydroxylation is 1. The van der Waals surface area contributed by atoms with Gasteiger partial charge in [0, 0.05) is 6.07 Å². The molecule has 2 N–H and O–H groups in total. The molecule has 1 atom stereocenters. The second kappa shape index (κ2) is 5.43. The van der Waals surface area contributed by atoms with Crippen LogP contribution in [-0.4, -0.2) is 13.4 Å². The summed E-state index contributed by atoms with van der Waals surface area (Å²) in [6, 6.07) is 13.5. The summed E-state index contributed by atoms with van der Waals surface area (Å²) in [5.41, 5.74) is 8.46. The number of hydrogen-bond donors (Lipinski definition) is 1. The normalized spacial score (nSPS) is 14.1. The first-order chi connectivity index (χ1) is 9.74. The third kappa shape index (κ3) is 2.56. The van der Waals surface area contributed by atoms with E-state index in [1.807, 2.05) is 36.4 Å². The summed E-state index contributed by atoms with van der Waals surface area (Å²) in [5.74, 6) is 2.20. The molecule has 3 rings (SSSR count). The standard InChI is InChI=1S/C16H17NO3/c1-11-4-2-3-5-13(11)14(17)9-18-12-6-7-15-16(8-12)20-10-19-15/h2-8,14H,9-10,17H2,1H3. The van der Waals surface area contributed by atoms with E-state index in [-0.39, 0.29) is 12.8 Å². The molecule has 2 aromatic rings. The summed E-state index contributed by atoms with van der Waals surface area (Å²) in [7, 11) is 0. The Morgan fingerprint density at radius 2 is 1.95 bits per heavy atom. The molecule has 104 valence electrons. The van der Waals surface area contributed by atoms with Crippen molar-refractivity contribution in [1.29, 1.82) is 0 Å². The van der Waals surface area contributed by atoms with Gasteiger partial charge >= 0.3 is 0 Å². The van der Waals surface area contributed by atoms with Gasteiger partial charge in [-0.2, -0.15) is 0 Å². The van der Waals surface area contributed by atoms with Crippen molar-refractivity contribution in [1.82, 2.24) is 0 Å². The lowest BCUT2D eigenvalue weighted by atomic mass is 10.0. The number of fused-ring (bicyclic) bond motifs is 1. The molecule has 1 aliphatic heterocycles. The van der Waals surface area contributed by atoms with Crippen LogP contribution in [0, 0.1) is 6.92 Å². The van der Waals surface area contributed by atoms with Crippen molar-refractivity contribution in [2.24, 2.45) is 5.73 Å². The van der Waals surface area contributed by atoms with Crippen molar-refractivity contribution >= 4 is 0 Å². The van der Waals surface area contributed by atoms with E-state index in [0.717, 1.165) is 17.1 Å². The van der Waals surface area contributed by atoms with E-state index >= 15 is 0 Å². The van der Waals surface area contributed by atoms with Crippen LogP contribution in [-0.2, 0) is 0 Å². The van der Waals surface area contributed by atoms with Crippen LogP contribution >= 0.6 is 0 Å². The fourth-order valence-electron chi connectivity index (χ4n) is 2.25. The summed E-state index contributed by atoms with van der Waals surface area (Å²) in [6.45, 7) is 2.74. The van der Waals surface area contributed by atoms with E-state index in [4.69, 9.17) is 19.9 Å². The van der Waals surface area contributed by atoms with Crippen LogP contribution in [0.1, 0.15) is 17.2 Å². The Balaban J connectivity index is 1.66. The van der Waals surface area contributed by atoms with Gasteiger partial charge in [-0.15, -0.1) is 0 Å². The number of nitrogens with two attached hydrogens (primary N) is 1. The average Bonchev–Trinajstić information content (AvgIpc) is 2.92. The molecule has 0 radical (unpaired) electrons. The van der Waals surface area contributed by atoms with E-state index in [0.29, 0.717) is 12.4 Å². The first-order valence-electron chi connectivity index (χ1n) is 6.57. The van der Waals surface area contributed by atoms with E-state index in [1.54, 1.807) is 0 Å². The van der Waals surface area contributed by atoms with Crippen molar-refractivity contribution in [3.8, 4) is 17.2 Å². The molecule has 0 fully saturated rings. The van der Waals surface area contributed by atoms with Crippen LogP contribution in [0.2, 0.25) is 0 Å². The summed E-state index contributed by atoms with van der Waals surface area (Å²) in [4.78, 5) is 0. The van der Waals surface area contributed by atoms with Gasteiger partial charge in [-0.05, 0) is 30.2 Å². The minimum absolute atomic E-state index is 0.151. The SMILES string of the molecule is Cc1ccccc1C(N)COc1ccc2c(c1)OCO2. The molecule has 0 amide bonds. The second-order valence-corrected chi connectivity index (χ2v) is 4.79. The molecule has 0 aliphatic carbocycles. The fraction of sp³-hybridized carbons (Fsp3) is 0.250. The average molecular weight is 271 g/mol. The topological polar surface area (TPSA) is 53.7 Å². The highest BCUT2D eigenvalue weighted by molar-refractivity contribution is 5.46. The molecule has 2 aromatic carbocycles. The molecule has 4 heteroatoms. The van der Waals surface area contributed by atoms with Gasteiger partial charge < -0.3 is 19.9 Å². The maximum absolute atomic E-state index is 6.18. The van der Waals surface area contributed by atoms with Crippen LogP contribution in [0.25, 0.3) is 0 Å². The molecule has 0 saturated heterocycles. The monoisotopic (exact) mass is 271 g/mol. The molecular formula is C16H17NO3. The van der Waals surface area contributed by atoms with E-state index in [1.165, 1.54) is 5.56 Å². The first kappa shape index (κ1) is 12.8. The maximum Gasteiger partial charge on any atom is 0.231 e. The molecule has 0 saturated carbocycles. The van der Waals surface area contributed by atoms with Crippen molar-refractivity contribution in [2.75, 3.05) is 13.4 Å². The molecule has 4 nitrogen and oxygen atoms in total. The zero-order valence-electron chi connectivity index (χ0n) is 11.3. The third-order valence-electron chi connectivity index (χ3n) is 3.36. The maximum atomic E-state index is 6.18. The summed E-state index contributed by atoms with van der Waals surface area (Å²) in [5, 5.41) is 0. The number of rotatable bonds is 4. The molecule has 0 aromatic heterocycles. The van der Waals surface area contributed by atoms with Crippen molar-refractivity contribution in [3.05, 3.63) is 53.6 Å². The minimum Gasteiger partial charge on any atom is -0.491 e. The highest BCUT2D eigenvalue weighted by Crippen LogP contribution is 2.35. The van der Waals surface area contributed by atoms with Gasteiger partial charge in [-0.25, -0.2) is 0 Å². The van der Waals surface area contributed by atoms with E-state index in [2.05, 4.69) is 13.0 Å². The number of hydrogen-bond acceptors (Lipinski definition) is 4. The Labute approximate surface area is 118 Å². The van der Waals surface area contributed by atoms with Crippen molar-refractivity contribution < 1.29 is 14.2 Å². The molecule has 0 bridgehead atoms. The van der Waals surface area contributed by atoms with Crippen LogP contribution < -0.4 is 19.9 Å². The zero-order chi connectivity index (χ0) is 13.9. The highest BCUT2D eigenvalue weighted by Gasteiger charge is 2.15. The summed E-state index contributed by atoms with van der Waals surface area (Å²) < 4.78 is 16.3. The largest absolute Gasteiger partial charge is 0.491 e. The van der Waals surface area contributed by atoms with E-state index < -0.39 is 0 Å². The Morgan fingerprint density at radius 3 is 2.80 bits per heavy atom. The highest BCUT2D eigenvalue weighted by atomic mass is 16.7.